The summed E-state index contributed by atoms with van der Waals surface area (Å²) in [6.07, 6.45) is 7.39. The average molecular weight is 287 g/mol. The monoisotopic (exact) mass is 287 g/mol. The molecule has 0 radical (unpaired) electrons. The van der Waals surface area contributed by atoms with Crippen LogP contribution in [0.5, 0.6) is 0 Å². The summed E-state index contributed by atoms with van der Waals surface area (Å²) in [7, 11) is 0. The van der Waals surface area contributed by atoms with Gasteiger partial charge in [0.2, 0.25) is 0 Å². The minimum absolute atomic E-state index is 0.145. The minimum atomic E-state index is -0.145. The highest BCUT2D eigenvalue weighted by Gasteiger charge is 2.25. The Hall–Kier alpha value is -1.68. The molecule has 1 saturated heterocycles. The molecule has 1 aliphatic heterocycles. The van der Waals surface area contributed by atoms with Gasteiger partial charge in [-0.25, -0.2) is 9.37 Å². The SMILES string of the molecule is CCn1ccnc1CN1CCCC[C@H]1c1cccc(F)c1. The fraction of sp³-hybridized carbons (Fsp3) is 0.471. The zero-order valence-electron chi connectivity index (χ0n) is 12.5. The van der Waals surface area contributed by atoms with Gasteiger partial charge in [-0.15, -0.1) is 0 Å². The predicted octanol–water partition coefficient (Wildman–Crippen LogP) is 3.77. The number of imidazole rings is 1. The van der Waals surface area contributed by atoms with Crippen LogP contribution in [0.15, 0.2) is 36.7 Å². The van der Waals surface area contributed by atoms with E-state index in [4.69, 9.17) is 0 Å². The Morgan fingerprint density at radius 1 is 1.33 bits per heavy atom. The van der Waals surface area contributed by atoms with Gasteiger partial charge in [0, 0.05) is 25.0 Å². The van der Waals surface area contributed by atoms with Gasteiger partial charge in [0.25, 0.3) is 0 Å². The number of aromatic nitrogens is 2. The Kier molecular flexibility index (Phi) is 4.34. The van der Waals surface area contributed by atoms with E-state index in [1.807, 2.05) is 24.5 Å². The van der Waals surface area contributed by atoms with Crippen LogP contribution in [0.3, 0.4) is 0 Å². The maximum Gasteiger partial charge on any atom is 0.123 e. The van der Waals surface area contributed by atoms with Gasteiger partial charge in [-0.3, -0.25) is 4.90 Å². The molecule has 4 heteroatoms. The molecule has 21 heavy (non-hydrogen) atoms. The quantitative estimate of drug-likeness (QED) is 0.853. The predicted molar refractivity (Wildman–Crippen MR) is 81.3 cm³/mol. The van der Waals surface area contributed by atoms with E-state index in [2.05, 4.69) is 21.4 Å². The standard InChI is InChI=1S/C17H22FN3/c1-2-20-11-9-19-17(20)13-21-10-4-3-8-16(21)14-6-5-7-15(18)12-14/h5-7,9,11-12,16H,2-4,8,10,13H2,1H3/t16-/m0/s1. The lowest BCUT2D eigenvalue weighted by Crippen LogP contribution is -2.33. The molecule has 0 saturated carbocycles. The molecule has 1 aromatic heterocycles. The number of rotatable bonds is 4. The summed E-state index contributed by atoms with van der Waals surface area (Å²) in [5.41, 5.74) is 1.09. The third kappa shape index (κ3) is 3.16. The van der Waals surface area contributed by atoms with Crippen molar-refractivity contribution >= 4 is 0 Å². The zero-order chi connectivity index (χ0) is 14.7. The zero-order valence-corrected chi connectivity index (χ0v) is 12.5. The van der Waals surface area contributed by atoms with E-state index in [1.165, 1.54) is 18.9 Å². The molecule has 0 bridgehead atoms. The maximum atomic E-state index is 13.5. The van der Waals surface area contributed by atoms with Crippen molar-refractivity contribution in [2.75, 3.05) is 6.54 Å². The smallest absolute Gasteiger partial charge is 0.123 e. The van der Waals surface area contributed by atoms with Gasteiger partial charge < -0.3 is 4.57 Å². The highest BCUT2D eigenvalue weighted by atomic mass is 19.1. The number of hydrogen-bond acceptors (Lipinski definition) is 2. The fourth-order valence-electron chi connectivity index (χ4n) is 3.23. The summed E-state index contributed by atoms with van der Waals surface area (Å²) in [6, 6.07) is 7.34. The van der Waals surface area contributed by atoms with E-state index in [1.54, 1.807) is 6.07 Å². The van der Waals surface area contributed by atoms with Crippen LogP contribution in [0.4, 0.5) is 4.39 Å². The Balaban J connectivity index is 1.81. The van der Waals surface area contributed by atoms with Crippen LogP contribution in [-0.2, 0) is 13.1 Å². The Labute approximate surface area is 125 Å². The minimum Gasteiger partial charge on any atom is -0.334 e. The topological polar surface area (TPSA) is 21.1 Å². The van der Waals surface area contributed by atoms with E-state index in [-0.39, 0.29) is 5.82 Å². The van der Waals surface area contributed by atoms with Crippen molar-refractivity contribution in [1.29, 1.82) is 0 Å². The van der Waals surface area contributed by atoms with Crippen molar-refractivity contribution in [3.63, 3.8) is 0 Å². The van der Waals surface area contributed by atoms with Gasteiger partial charge in [-0.05, 0) is 44.0 Å². The molecular weight excluding hydrogens is 265 g/mol. The summed E-state index contributed by atoms with van der Waals surface area (Å²) in [5, 5.41) is 0. The first-order valence-corrected chi connectivity index (χ1v) is 7.77. The van der Waals surface area contributed by atoms with Crippen molar-refractivity contribution in [1.82, 2.24) is 14.5 Å². The molecule has 0 amide bonds. The van der Waals surface area contributed by atoms with Gasteiger partial charge in [0.15, 0.2) is 0 Å². The van der Waals surface area contributed by atoms with Crippen molar-refractivity contribution < 1.29 is 4.39 Å². The van der Waals surface area contributed by atoms with Crippen LogP contribution < -0.4 is 0 Å². The number of hydrogen-bond donors (Lipinski definition) is 0. The summed E-state index contributed by atoms with van der Waals surface area (Å²) < 4.78 is 15.7. The number of aryl methyl sites for hydroxylation is 1. The van der Waals surface area contributed by atoms with Crippen LogP contribution >= 0.6 is 0 Å². The van der Waals surface area contributed by atoms with E-state index in [0.29, 0.717) is 6.04 Å². The van der Waals surface area contributed by atoms with E-state index < -0.39 is 0 Å². The van der Waals surface area contributed by atoms with Crippen molar-refractivity contribution in [3.05, 3.63) is 53.9 Å². The van der Waals surface area contributed by atoms with Crippen molar-refractivity contribution in [2.24, 2.45) is 0 Å². The summed E-state index contributed by atoms with van der Waals surface area (Å²) >= 11 is 0. The van der Waals surface area contributed by atoms with Crippen molar-refractivity contribution in [3.8, 4) is 0 Å². The lowest BCUT2D eigenvalue weighted by atomic mass is 9.95. The first kappa shape index (κ1) is 14.3. The van der Waals surface area contributed by atoms with Crippen LogP contribution in [0.2, 0.25) is 0 Å². The second-order valence-corrected chi connectivity index (χ2v) is 5.67. The first-order chi connectivity index (χ1) is 10.3. The third-order valence-electron chi connectivity index (χ3n) is 4.33. The summed E-state index contributed by atoms with van der Waals surface area (Å²) in [5.74, 6) is 0.953. The molecule has 2 aromatic rings. The normalized spacial score (nSPS) is 19.8. The number of benzene rings is 1. The van der Waals surface area contributed by atoms with Gasteiger partial charge in [0.1, 0.15) is 11.6 Å². The van der Waals surface area contributed by atoms with E-state index in [0.717, 1.165) is 37.4 Å². The van der Waals surface area contributed by atoms with Crippen LogP contribution in [0.1, 0.15) is 43.6 Å². The fourth-order valence-corrected chi connectivity index (χ4v) is 3.23. The molecule has 3 rings (SSSR count). The lowest BCUT2D eigenvalue weighted by molar-refractivity contribution is 0.135. The molecule has 0 spiro atoms. The Morgan fingerprint density at radius 3 is 3.05 bits per heavy atom. The molecule has 1 aromatic carbocycles. The van der Waals surface area contributed by atoms with Crippen LogP contribution in [-0.4, -0.2) is 21.0 Å². The molecule has 1 atom stereocenters. The van der Waals surface area contributed by atoms with Gasteiger partial charge in [0.05, 0.1) is 6.54 Å². The van der Waals surface area contributed by atoms with Gasteiger partial charge >= 0.3 is 0 Å². The molecule has 3 nitrogen and oxygen atoms in total. The summed E-state index contributed by atoms with van der Waals surface area (Å²) in [6.45, 7) is 4.96. The van der Waals surface area contributed by atoms with Crippen LogP contribution in [0, 0.1) is 5.82 Å². The largest absolute Gasteiger partial charge is 0.334 e. The summed E-state index contributed by atoms with van der Waals surface area (Å²) in [4.78, 5) is 6.91. The molecule has 0 N–H and O–H groups in total. The molecular formula is C17H22FN3. The third-order valence-corrected chi connectivity index (χ3v) is 4.33. The van der Waals surface area contributed by atoms with Crippen LogP contribution in [0.25, 0.3) is 0 Å². The molecule has 2 heterocycles. The molecule has 1 fully saturated rings. The highest BCUT2D eigenvalue weighted by Crippen LogP contribution is 2.32. The lowest BCUT2D eigenvalue weighted by Gasteiger charge is -2.35. The van der Waals surface area contributed by atoms with E-state index >= 15 is 0 Å². The molecule has 0 unspecified atom stereocenters. The van der Waals surface area contributed by atoms with Gasteiger partial charge in [-0.1, -0.05) is 18.6 Å². The highest BCUT2D eigenvalue weighted by molar-refractivity contribution is 5.21. The Morgan fingerprint density at radius 2 is 2.24 bits per heavy atom. The Bertz CT molecular complexity index is 593. The number of likely N-dealkylation sites (tertiary alicyclic amines) is 1. The average Bonchev–Trinajstić information content (AvgIpc) is 2.95. The molecule has 0 aliphatic carbocycles. The number of halogens is 1. The molecule has 1 aliphatic rings. The van der Waals surface area contributed by atoms with Crippen molar-refractivity contribution in [2.45, 2.75) is 45.3 Å². The second-order valence-electron chi connectivity index (χ2n) is 5.67. The second kappa shape index (κ2) is 6.39. The number of nitrogens with zero attached hydrogens (tertiary/aromatic N) is 3. The number of piperidine rings is 1. The molecule has 112 valence electrons. The van der Waals surface area contributed by atoms with E-state index in [9.17, 15) is 4.39 Å². The first-order valence-electron chi connectivity index (χ1n) is 7.77. The maximum absolute atomic E-state index is 13.5. The van der Waals surface area contributed by atoms with Gasteiger partial charge in [-0.2, -0.15) is 0 Å².